The molecule has 51 heavy (non-hydrogen) atoms. The van der Waals surface area contributed by atoms with Crippen LogP contribution in [-0.4, -0.2) is 24.3 Å². The van der Waals surface area contributed by atoms with Gasteiger partial charge in [0.25, 0.3) is 0 Å². The van der Waals surface area contributed by atoms with E-state index in [-0.39, 0.29) is 0 Å². The van der Waals surface area contributed by atoms with E-state index in [9.17, 15) is 0 Å². The standard InChI is InChI=1S/C46H40N4Si/c1-32-14-5-7-18-38(32)34-26-27-47-46(28-34)50-42-21-10-8-19-39(42)40-25-24-37(30-45(40)50)51(3,4)36-17-13-16-35(29-36)48-31-49(41-20-9-6-15-33(41)2)44-23-12-11-22-43(44)48/h5-30H,31H2,1-4H3. The van der Waals surface area contributed by atoms with E-state index in [4.69, 9.17) is 4.98 Å². The molecule has 9 rings (SSSR count). The Morgan fingerprint density at radius 1 is 0.529 bits per heavy atom. The molecule has 2 aromatic heterocycles. The van der Waals surface area contributed by atoms with Crippen LogP contribution in [0.3, 0.4) is 0 Å². The Morgan fingerprint density at radius 3 is 2.00 bits per heavy atom. The molecule has 0 saturated carbocycles. The number of aryl methyl sites for hydroxylation is 2. The third kappa shape index (κ3) is 5.15. The monoisotopic (exact) mass is 676 g/mol. The number of para-hydroxylation sites is 4. The van der Waals surface area contributed by atoms with Gasteiger partial charge in [0.2, 0.25) is 0 Å². The van der Waals surface area contributed by atoms with E-state index in [2.05, 4.69) is 193 Å². The van der Waals surface area contributed by atoms with Gasteiger partial charge < -0.3 is 9.80 Å². The molecular weight excluding hydrogens is 637 g/mol. The Kier molecular flexibility index (Phi) is 7.41. The van der Waals surface area contributed by atoms with E-state index < -0.39 is 8.07 Å². The molecule has 4 nitrogen and oxygen atoms in total. The molecular formula is C46H40N4Si. The molecule has 0 saturated heterocycles. The smallest absolute Gasteiger partial charge is 0.138 e. The van der Waals surface area contributed by atoms with Gasteiger partial charge in [0.1, 0.15) is 20.6 Å². The molecule has 8 aromatic rings. The fraction of sp³-hybridized carbons (Fsp3) is 0.109. The van der Waals surface area contributed by atoms with Crippen molar-refractivity contribution >= 4 is 63.0 Å². The summed E-state index contributed by atoms with van der Waals surface area (Å²) >= 11 is 0. The Morgan fingerprint density at radius 2 is 1.20 bits per heavy atom. The summed E-state index contributed by atoms with van der Waals surface area (Å²) in [6.45, 7) is 10.1. The molecule has 0 amide bonds. The van der Waals surface area contributed by atoms with Gasteiger partial charge in [-0.2, -0.15) is 0 Å². The van der Waals surface area contributed by atoms with Gasteiger partial charge in [-0.15, -0.1) is 0 Å². The first-order valence-electron chi connectivity index (χ1n) is 17.7. The van der Waals surface area contributed by atoms with Gasteiger partial charge in [-0.05, 0) is 90.7 Å². The quantitative estimate of drug-likeness (QED) is 0.164. The van der Waals surface area contributed by atoms with Gasteiger partial charge in [-0.3, -0.25) is 4.57 Å². The predicted molar refractivity (Wildman–Crippen MR) is 219 cm³/mol. The first kappa shape index (κ1) is 31.1. The average Bonchev–Trinajstić information content (AvgIpc) is 3.71. The lowest BCUT2D eigenvalue weighted by molar-refractivity contribution is 0.986. The highest BCUT2D eigenvalue weighted by Crippen LogP contribution is 2.44. The summed E-state index contributed by atoms with van der Waals surface area (Å²) in [5.74, 6) is 0.937. The van der Waals surface area contributed by atoms with Crippen LogP contribution in [0.2, 0.25) is 13.1 Å². The van der Waals surface area contributed by atoms with Crippen molar-refractivity contribution in [2.75, 3.05) is 16.5 Å². The molecule has 0 unspecified atom stereocenters. The normalized spacial score (nSPS) is 12.9. The molecule has 5 heteroatoms. The topological polar surface area (TPSA) is 24.3 Å². The summed E-state index contributed by atoms with van der Waals surface area (Å²) in [7, 11) is -2.15. The lowest BCUT2D eigenvalue weighted by atomic mass is 10.0. The van der Waals surface area contributed by atoms with Gasteiger partial charge in [-0.1, -0.05) is 121 Å². The maximum Gasteiger partial charge on any atom is 0.138 e. The van der Waals surface area contributed by atoms with Gasteiger partial charge in [-0.25, -0.2) is 4.98 Å². The van der Waals surface area contributed by atoms with Crippen LogP contribution in [0.4, 0.5) is 22.7 Å². The number of benzene rings is 6. The second-order valence-electron chi connectivity index (χ2n) is 14.3. The summed E-state index contributed by atoms with van der Waals surface area (Å²) in [4.78, 5) is 9.86. The Hall–Kier alpha value is -5.91. The highest BCUT2D eigenvalue weighted by atomic mass is 28.3. The van der Waals surface area contributed by atoms with Crippen molar-refractivity contribution in [3.63, 3.8) is 0 Å². The number of aromatic nitrogens is 2. The number of anilines is 4. The lowest BCUT2D eigenvalue weighted by Crippen LogP contribution is -2.53. The molecule has 248 valence electrons. The molecule has 0 N–H and O–H groups in total. The van der Waals surface area contributed by atoms with E-state index in [1.54, 1.807) is 0 Å². The van der Waals surface area contributed by atoms with Crippen LogP contribution in [-0.2, 0) is 0 Å². The predicted octanol–water partition coefficient (Wildman–Crippen LogP) is 10.5. The molecule has 0 spiro atoms. The first-order chi connectivity index (χ1) is 24.9. The second-order valence-corrected chi connectivity index (χ2v) is 18.7. The third-order valence-electron chi connectivity index (χ3n) is 10.9. The van der Waals surface area contributed by atoms with Crippen LogP contribution < -0.4 is 20.2 Å². The van der Waals surface area contributed by atoms with Crippen molar-refractivity contribution in [3.8, 4) is 16.9 Å². The largest absolute Gasteiger partial charge is 0.321 e. The van der Waals surface area contributed by atoms with Crippen LogP contribution in [0.15, 0.2) is 158 Å². The zero-order valence-electron chi connectivity index (χ0n) is 29.5. The molecule has 6 aromatic carbocycles. The van der Waals surface area contributed by atoms with Gasteiger partial charge in [0, 0.05) is 28.3 Å². The number of fused-ring (bicyclic) bond motifs is 4. The van der Waals surface area contributed by atoms with Crippen LogP contribution in [0.1, 0.15) is 11.1 Å². The van der Waals surface area contributed by atoms with Crippen LogP contribution in [0.25, 0.3) is 38.8 Å². The fourth-order valence-electron chi connectivity index (χ4n) is 7.95. The minimum absolute atomic E-state index is 0.774. The number of nitrogens with zero attached hydrogens (tertiary/aromatic N) is 4. The van der Waals surface area contributed by atoms with E-state index in [0.29, 0.717) is 0 Å². The molecule has 0 atom stereocenters. The fourth-order valence-corrected chi connectivity index (χ4v) is 10.3. The molecule has 0 aliphatic carbocycles. The molecule has 1 aliphatic rings. The van der Waals surface area contributed by atoms with Crippen LogP contribution >= 0.6 is 0 Å². The average molecular weight is 677 g/mol. The summed E-state index contributed by atoms with van der Waals surface area (Å²) in [5, 5.41) is 5.30. The molecule has 1 aliphatic heterocycles. The van der Waals surface area contributed by atoms with Crippen molar-refractivity contribution in [1.82, 2.24) is 9.55 Å². The summed E-state index contributed by atoms with van der Waals surface area (Å²) in [6, 6.07) is 55.6. The number of hydrogen-bond acceptors (Lipinski definition) is 3. The van der Waals surface area contributed by atoms with Gasteiger partial charge in [0.15, 0.2) is 0 Å². The zero-order valence-corrected chi connectivity index (χ0v) is 30.5. The van der Waals surface area contributed by atoms with Crippen molar-refractivity contribution in [1.29, 1.82) is 0 Å². The zero-order chi connectivity index (χ0) is 34.7. The van der Waals surface area contributed by atoms with E-state index in [1.165, 1.54) is 77.2 Å². The van der Waals surface area contributed by atoms with Crippen LogP contribution in [0, 0.1) is 13.8 Å². The highest BCUT2D eigenvalue weighted by Gasteiger charge is 2.31. The molecule has 0 radical (unpaired) electrons. The van der Waals surface area contributed by atoms with Crippen molar-refractivity contribution in [3.05, 3.63) is 169 Å². The molecule has 0 fully saturated rings. The van der Waals surface area contributed by atoms with E-state index in [1.807, 2.05) is 6.20 Å². The Labute approximate surface area is 300 Å². The molecule has 0 bridgehead atoms. The molecule has 3 heterocycles. The van der Waals surface area contributed by atoms with Crippen molar-refractivity contribution in [2.24, 2.45) is 0 Å². The van der Waals surface area contributed by atoms with Gasteiger partial charge in [0.05, 0.1) is 22.4 Å². The van der Waals surface area contributed by atoms with Crippen molar-refractivity contribution < 1.29 is 0 Å². The first-order valence-corrected chi connectivity index (χ1v) is 20.7. The maximum absolute atomic E-state index is 4.96. The lowest BCUT2D eigenvalue weighted by Gasteiger charge is -2.27. The van der Waals surface area contributed by atoms with Crippen LogP contribution in [0.5, 0.6) is 0 Å². The maximum atomic E-state index is 4.96. The minimum atomic E-state index is -2.15. The SMILES string of the molecule is Cc1ccccc1-c1ccnc(-n2c3ccccc3c3ccc([Si](C)(C)c4cccc(N5CN(c6ccccc6C)c6ccccc65)c4)cc32)c1. The van der Waals surface area contributed by atoms with Gasteiger partial charge >= 0.3 is 0 Å². The third-order valence-corrected chi connectivity index (χ3v) is 14.4. The summed E-state index contributed by atoms with van der Waals surface area (Å²) in [5.41, 5.74) is 12.3. The summed E-state index contributed by atoms with van der Waals surface area (Å²) < 4.78 is 2.36. The number of pyridine rings is 1. The van der Waals surface area contributed by atoms with E-state index >= 15 is 0 Å². The Bertz CT molecular complexity index is 2600. The summed E-state index contributed by atoms with van der Waals surface area (Å²) in [6.07, 6.45) is 1.95. The number of hydrogen-bond donors (Lipinski definition) is 0. The van der Waals surface area contributed by atoms with E-state index in [0.717, 1.165) is 12.5 Å². The Balaban J connectivity index is 1.14. The number of rotatable bonds is 6. The second kappa shape index (κ2) is 12.1. The highest BCUT2D eigenvalue weighted by molar-refractivity contribution is 7.00. The minimum Gasteiger partial charge on any atom is -0.321 e. The van der Waals surface area contributed by atoms with Crippen molar-refractivity contribution in [2.45, 2.75) is 26.9 Å².